The number of halogens is 3. The summed E-state index contributed by atoms with van der Waals surface area (Å²) in [7, 11) is 0. The molecule has 1 aromatic rings. The predicted molar refractivity (Wildman–Crippen MR) is 82.1 cm³/mol. The maximum absolute atomic E-state index is 13.1. The molecule has 6 nitrogen and oxygen atoms in total. The topological polar surface area (TPSA) is 64.4 Å². The van der Waals surface area contributed by atoms with Crippen LogP contribution in [0.5, 0.6) is 0 Å². The van der Waals surface area contributed by atoms with E-state index in [0.29, 0.717) is 24.4 Å². The number of amides is 1. The zero-order valence-corrected chi connectivity index (χ0v) is 13.9. The van der Waals surface area contributed by atoms with Gasteiger partial charge in [0.15, 0.2) is 0 Å². The fourth-order valence-corrected chi connectivity index (χ4v) is 2.87. The van der Waals surface area contributed by atoms with Crippen LogP contribution in [0.2, 0.25) is 0 Å². The summed E-state index contributed by atoms with van der Waals surface area (Å²) >= 11 is 0. The van der Waals surface area contributed by atoms with Gasteiger partial charge in [0.25, 0.3) is 5.56 Å². The van der Waals surface area contributed by atoms with Gasteiger partial charge in [0, 0.05) is 19.0 Å². The van der Waals surface area contributed by atoms with Crippen molar-refractivity contribution in [3.8, 4) is 0 Å². The minimum atomic E-state index is -4.76. The number of ether oxygens (including phenoxy) is 1. The SMILES string of the molecule is CC[C@H]1CN(C(=O)Cn2nc(C3CC3)cc(C(F)(F)F)c2=O)CCO1. The first-order chi connectivity index (χ1) is 11.8. The molecule has 0 N–H and O–H groups in total. The van der Waals surface area contributed by atoms with Crippen molar-refractivity contribution < 1.29 is 22.7 Å². The van der Waals surface area contributed by atoms with E-state index in [9.17, 15) is 22.8 Å². The van der Waals surface area contributed by atoms with Crippen LogP contribution in [0.25, 0.3) is 0 Å². The van der Waals surface area contributed by atoms with Crippen molar-refractivity contribution in [1.29, 1.82) is 0 Å². The molecular weight excluding hydrogens is 339 g/mol. The minimum absolute atomic E-state index is 0.0593. The number of carbonyl (C=O) groups excluding carboxylic acids is 1. The van der Waals surface area contributed by atoms with E-state index >= 15 is 0 Å². The lowest BCUT2D eigenvalue weighted by atomic mass is 10.2. The molecule has 0 radical (unpaired) electrons. The second-order valence-electron chi connectivity index (χ2n) is 6.46. The first kappa shape index (κ1) is 17.9. The summed E-state index contributed by atoms with van der Waals surface area (Å²) < 4.78 is 45.5. The molecule has 1 amide bonds. The lowest BCUT2D eigenvalue weighted by molar-refractivity contribution is -0.142. The highest BCUT2D eigenvalue weighted by Crippen LogP contribution is 2.40. The second kappa shape index (κ2) is 6.78. The van der Waals surface area contributed by atoms with Crippen LogP contribution in [0.4, 0.5) is 13.2 Å². The number of hydrogen-bond acceptors (Lipinski definition) is 4. The standard InChI is InChI=1S/C16H20F3N3O3/c1-2-11-8-21(5-6-25-11)14(23)9-22-15(24)12(16(17,18)19)7-13(20-22)10-3-4-10/h7,10-11H,2-6,8-9H2,1H3/t11-/m0/s1. The van der Waals surface area contributed by atoms with Crippen LogP contribution in [0, 0.1) is 0 Å². The van der Waals surface area contributed by atoms with Gasteiger partial charge in [-0.2, -0.15) is 18.3 Å². The molecule has 3 rings (SSSR count). The van der Waals surface area contributed by atoms with E-state index in [-0.39, 0.29) is 17.7 Å². The zero-order chi connectivity index (χ0) is 18.2. The Balaban J connectivity index is 1.85. The number of aromatic nitrogens is 2. The summed E-state index contributed by atoms with van der Waals surface area (Å²) in [6.07, 6.45) is -2.63. The average Bonchev–Trinajstić information content (AvgIpc) is 3.40. The van der Waals surface area contributed by atoms with Crippen LogP contribution in [0.3, 0.4) is 0 Å². The minimum Gasteiger partial charge on any atom is -0.375 e. The lowest BCUT2D eigenvalue weighted by Gasteiger charge is -2.32. The van der Waals surface area contributed by atoms with Crippen LogP contribution in [-0.4, -0.2) is 46.4 Å². The molecule has 1 saturated heterocycles. The van der Waals surface area contributed by atoms with Gasteiger partial charge in [-0.05, 0) is 25.3 Å². The molecule has 0 unspecified atom stereocenters. The zero-order valence-electron chi connectivity index (χ0n) is 13.9. The third-order valence-electron chi connectivity index (χ3n) is 4.53. The van der Waals surface area contributed by atoms with E-state index in [2.05, 4.69) is 5.10 Å². The molecule has 2 fully saturated rings. The van der Waals surface area contributed by atoms with Crippen molar-refractivity contribution in [2.75, 3.05) is 19.7 Å². The summed E-state index contributed by atoms with van der Waals surface area (Å²) in [5, 5.41) is 4.01. The van der Waals surface area contributed by atoms with Crippen LogP contribution >= 0.6 is 0 Å². The predicted octanol–water partition coefficient (Wildman–Crippen LogP) is 1.78. The smallest absolute Gasteiger partial charge is 0.375 e. The summed E-state index contributed by atoms with van der Waals surface area (Å²) in [5.41, 5.74) is -2.30. The molecule has 0 bridgehead atoms. The van der Waals surface area contributed by atoms with Crippen molar-refractivity contribution >= 4 is 5.91 Å². The molecule has 1 saturated carbocycles. The molecule has 1 aliphatic heterocycles. The van der Waals surface area contributed by atoms with Crippen molar-refractivity contribution in [3.63, 3.8) is 0 Å². The Morgan fingerprint density at radius 2 is 2.12 bits per heavy atom. The Morgan fingerprint density at radius 1 is 1.40 bits per heavy atom. The normalized spacial score (nSPS) is 21.4. The van der Waals surface area contributed by atoms with Gasteiger partial charge in [0.2, 0.25) is 5.91 Å². The number of morpholine rings is 1. The highest BCUT2D eigenvalue weighted by molar-refractivity contribution is 5.76. The average molecular weight is 359 g/mol. The van der Waals surface area contributed by atoms with Gasteiger partial charge in [-0.3, -0.25) is 9.59 Å². The second-order valence-corrected chi connectivity index (χ2v) is 6.46. The van der Waals surface area contributed by atoms with Crippen LogP contribution in [-0.2, 0) is 22.3 Å². The van der Waals surface area contributed by atoms with Gasteiger partial charge >= 0.3 is 6.18 Å². The van der Waals surface area contributed by atoms with Crippen LogP contribution < -0.4 is 5.56 Å². The number of hydrogen-bond donors (Lipinski definition) is 0. The Bertz CT molecular complexity index is 713. The van der Waals surface area contributed by atoms with Gasteiger partial charge in [-0.25, -0.2) is 4.68 Å². The van der Waals surface area contributed by atoms with E-state index < -0.39 is 29.8 Å². The van der Waals surface area contributed by atoms with Crippen LogP contribution in [0.15, 0.2) is 10.9 Å². The van der Waals surface area contributed by atoms with Crippen molar-refractivity contribution in [2.45, 2.75) is 50.9 Å². The molecule has 1 atom stereocenters. The molecule has 0 spiro atoms. The Hall–Kier alpha value is -1.90. The van der Waals surface area contributed by atoms with Gasteiger partial charge in [0.05, 0.1) is 18.4 Å². The monoisotopic (exact) mass is 359 g/mol. The van der Waals surface area contributed by atoms with Crippen molar-refractivity contribution in [2.24, 2.45) is 0 Å². The summed E-state index contributed by atoms with van der Waals surface area (Å²) in [5.74, 6) is -0.478. The molecular formula is C16H20F3N3O3. The lowest BCUT2D eigenvalue weighted by Crippen LogP contribution is -2.47. The molecule has 25 heavy (non-hydrogen) atoms. The summed E-state index contributed by atoms with van der Waals surface area (Å²) in [6, 6.07) is 0.822. The maximum atomic E-state index is 13.1. The molecule has 1 aliphatic carbocycles. The third kappa shape index (κ3) is 4.02. The van der Waals surface area contributed by atoms with E-state index in [1.165, 1.54) is 4.90 Å². The van der Waals surface area contributed by atoms with Gasteiger partial charge in [0.1, 0.15) is 12.1 Å². The summed E-state index contributed by atoms with van der Waals surface area (Å²) in [6.45, 7) is 2.55. The quantitative estimate of drug-likeness (QED) is 0.822. The third-order valence-corrected chi connectivity index (χ3v) is 4.53. The van der Waals surface area contributed by atoms with Crippen molar-refractivity contribution in [3.05, 3.63) is 27.7 Å². The van der Waals surface area contributed by atoms with Crippen LogP contribution in [0.1, 0.15) is 43.4 Å². The van der Waals surface area contributed by atoms with E-state index in [0.717, 1.165) is 25.3 Å². The van der Waals surface area contributed by atoms with Gasteiger partial charge in [-0.15, -0.1) is 0 Å². The molecule has 9 heteroatoms. The molecule has 138 valence electrons. The van der Waals surface area contributed by atoms with E-state index in [4.69, 9.17) is 4.74 Å². The van der Waals surface area contributed by atoms with Crippen molar-refractivity contribution in [1.82, 2.24) is 14.7 Å². The van der Waals surface area contributed by atoms with Gasteiger partial charge < -0.3 is 9.64 Å². The number of nitrogens with zero attached hydrogens (tertiary/aromatic N) is 3. The largest absolute Gasteiger partial charge is 0.421 e. The first-order valence-corrected chi connectivity index (χ1v) is 8.38. The molecule has 2 heterocycles. The molecule has 1 aromatic heterocycles. The highest BCUT2D eigenvalue weighted by atomic mass is 19.4. The number of rotatable bonds is 4. The van der Waals surface area contributed by atoms with E-state index in [1.54, 1.807) is 0 Å². The summed E-state index contributed by atoms with van der Waals surface area (Å²) in [4.78, 5) is 26.1. The fourth-order valence-electron chi connectivity index (χ4n) is 2.87. The Kier molecular flexibility index (Phi) is 4.86. The molecule has 0 aromatic carbocycles. The highest BCUT2D eigenvalue weighted by Gasteiger charge is 2.38. The number of carbonyl (C=O) groups is 1. The Labute approximate surface area is 142 Å². The van der Waals surface area contributed by atoms with Gasteiger partial charge in [-0.1, -0.05) is 6.92 Å². The first-order valence-electron chi connectivity index (χ1n) is 8.38. The Morgan fingerprint density at radius 3 is 2.72 bits per heavy atom. The maximum Gasteiger partial charge on any atom is 0.421 e. The van der Waals surface area contributed by atoms with E-state index in [1.807, 2.05) is 6.92 Å². The fraction of sp³-hybridized carbons (Fsp3) is 0.688. The number of alkyl halides is 3. The molecule has 2 aliphatic rings.